The maximum Gasteiger partial charge on any atom is 0.252 e. The molecule has 3 rings (SSSR count). The van der Waals surface area contributed by atoms with E-state index in [4.69, 9.17) is 8.83 Å². The van der Waals surface area contributed by atoms with Gasteiger partial charge in [0.15, 0.2) is 0 Å². The second kappa shape index (κ2) is 7.95. The summed E-state index contributed by atoms with van der Waals surface area (Å²) in [5.74, 6) is 0.868. The van der Waals surface area contributed by atoms with Crippen LogP contribution in [0.4, 0.5) is 0 Å². The molecule has 2 heterocycles. The standard InChI is InChI=1S/C21H22N2O4/c1-13-10-14(2)19(21(25)23-12-17-7-5-9-27-17)15(3)18(13)20(24)22-11-16-6-4-8-26-16/h4-10H,11-12H2,1-3H3,(H,22,24)(H,23,25). The largest absolute Gasteiger partial charge is 0.467 e. The zero-order chi connectivity index (χ0) is 19.4. The molecule has 0 aliphatic heterocycles. The van der Waals surface area contributed by atoms with Crippen molar-refractivity contribution in [1.29, 1.82) is 0 Å². The summed E-state index contributed by atoms with van der Waals surface area (Å²) in [6.45, 7) is 6.11. The van der Waals surface area contributed by atoms with Gasteiger partial charge in [0.2, 0.25) is 0 Å². The fourth-order valence-electron chi connectivity index (χ4n) is 3.22. The topological polar surface area (TPSA) is 84.5 Å². The highest BCUT2D eigenvalue weighted by molar-refractivity contribution is 6.03. The van der Waals surface area contributed by atoms with E-state index < -0.39 is 0 Å². The molecule has 0 spiro atoms. The first-order valence-corrected chi connectivity index (χ1v) is 8.69. The highest BCUT2D eigenvalue weighted by Gasteiger charge is 2.21. The fourth-order valence-corrected chi connectivity index (χ4v) is 3.22. The molecule has 0 aliphatic rings. The molecule has 2 N–H and O–H groups in total. The molecule has 6 nitrogen and oxygen atoms in total. The number of carbonyl (C=O) groups excluding carboxylic acids is 2. The van der Waals surface area contributed by atoms with E-state index >= 15 is 0 Å². The van der Waals surface area contributed by atoms with Crippen LogP contribution in [-0.4, -0.2) is 11.8 Å². The molecular weight excluding hydrogens is 344 g/mol. The summed E-state index contributed by atoms with van der Waals surface area (Å²) in [6.07, 6.45) is 3.12. The normalized spacial score (nSPS) is 10.6. The fraction of sp³-hybridized carbons (Fsp3) is 0.238. The van der Waals surface area contributed by atoms with Crippen molar-refractivity contribution in [1.82, 2.24) is 10.6 Å². The Morgan fingerprint density at radius 1 is 0.815 bits per heavy atom. The highest BCUT2D eigenvalue weighted by Crippen LogP contribution is 2.23. The van der Waals surface area contributed by atoms with Crippen LogP contribution in [0, 0.1) is 20.8 Å². The zero-order valence-electron chi connectivity index (χ0n) is 15.6. The van der Waals surface area contributed by atoms with Crippen LogP contribution < -0.4 is 10.6 Å². The Balaban J connectivity index is 1.81. The molecule has 1 aromatic carbocycles. The molecule has 6 heteroatoms. The Bertz CT molecular complexity index is 867. The van der Waals surface area contributed by atoms with Gasteiger partial charge in [0, 0.05) is 11.1 Å². The van der Waals surface area contributed by atoms with Gasteiger partial charge in [0.25, 0.3) is 11.8 Å². The Morgan fingerprint density at radius 3 is 1.63 bits per heavy atom. The van der Waals surface area contributed by atoms with Crippen LogP contribution in [0.15, 0.2) is 51.7 Å². The summed E-state index contributed by atoms with van der Waals surface area (Å²) < 4.78 is 10.5. The highest BCUT2D eigenvalue weighted by atomic mass is 16.3. The van der Waals surface area contributed by atoms with Crippen molar-refractivity contribution in [3.63, 3.8) is 0 Å². The molecule has 0 saturated carbocycles. The van der Waals surface area contributed by atoms with Crippen molar-refractivity contribution in [2.45, 2.75) is 33.9 Å². The third kappa shape index (κ3) is 4.11. The summed E-state index contributed by atoms with van der Waals surface area (Å²) in [5.41, 5.74) is 3.32. The molecule has 0 radical (unpaired) electrons. The Kier molecular flexibility index (Phi) is 5.45. The van der Waals surface area contributed by atoms with E-state index in [1.807, 2.05) is 19.9 Å². The molecular formula is C21H22N2O4. The SMILES string of the molecule is Cc1cc(C)c(C(=O)NCc2ccco2)c(C)c1C(=O)NCc1ccco1. The lowest BCUT2D eigenvalue weighted by Crippen LogP contribution is -2.28. The van der Waals surface area contributed by atoms with Crippen molar-refractivity contribution in [2.75, 3.05) is 0 Å². The van der Waals surface area contributed by atoms with E-state index in [9.17, 15) is 9.59 Å². The van der Waals surface area contributed by atoms with Gasteiger partial charge in [-0.2, -0.15) is 0 Å². The number of furan rings is 2. The lowest BCUT2D eigenvalue weighted by Gasteiger charge is -2.16. The zero-order valence-corrected chi connectivity index (χ0v) is 15.6. The quantitative estimate of drug-likeness (QED) is 0.697. The lowest BCUT2D eigenvalue weighted by atomic mass is 9.92. The third-order valence-electron chi connectivity index (χ3n) is 4.43. The van der Waals surface area contributed by atoms with Crippen LogP contribution in [0.2, 0.25) is 0 Å². The first-order valence-electron chi connectivity index (χ1n) is 8.69. The van der Waals surface area contributed by atoms with Crippen LogP contribution in [-0.2, 0) is 13.1 Å². The number of benzene rings is 1. The average molecular weight is 366 g/mol. The van der Waals surface area contributed by atoms with E-state index in [1.54, 1.807) is 43.7 Å². The number of amides is 2. The van der Waals surface area contributed by atoms with Crippen molar-refractivity contribution >= 4 is 11.8 Å². The Morgan fingerprint density at radius 2 is 1.26 bits per heavy atom. The maximum atomic E-state index is 12.7. The molecule has 0 aliphatic carbocycles. The summed E-state index contributed by atoms with van der Waals surface area (Å²) in [6, 6.07) is 8.98. The van der Waals surface area contributed by atoms with Crippen molar-refractivity contribution in [2.24, 2.45) is 0 Å². The van der Waals surface area contributed by atoms with Crippen molar-refractivity contribution < 1.29 is 18.4 Å². The van der Waals surface area contributed by atoms with Gasteiger partial charge in [0.05, 0.1) is 25.6 Å². The van der Waals surface area contributed by atoms with Gasteiger partial charge in [-0.05, 0) is 61.7 Å². The minimum Gasteiger partial charge on any atom is -0.467 e. The number of rotatable bonds is 6. The van der Waals surface area contributed by atoms with Gasteiger partial charge >= 0.3 is 0 Å². The minimum atomic E-state index is -0.235. The van der Waals surface area contributed by atoms with E-state index in [0.29, 0.717) is 41.3 Å². The minimum absolute atomic E-state index is 0.235. The molecule has 140 valence electrons. The monoisotopic (exact) mass is 366 g/mol. The Labute approximate surface area is 157 Å². The third-order valence-corrected chi connectivity index (χ3v) is 4.43. The number of hydrogen-bond donors (Lipinski definition) is 2. The first kappa shape index (κ1) is 18.5. The smallest absolute Gasteiger partial charge is 0.252 e. The van der Waals surface area contributed by atoms with E-state index in [-0.39, 0.29) is 11.8 Å². The van der Waals surface area contributed by atoms with Gasteiger partial charge in [-0.15, -0.1) is 0 Å². The van der Waals surface area contributed by atoms with Gasteiger partial charge in [0.1, 0.15) is 11.5 Å². The number of hydrogen-bond acceptors (Lipinski definition) is 4. The van der Waals surface area contributed by atoms with Crippen molar-refractivity contribution in [3.05, 3.63) is 82.2 Å². The second-order valence-electron chi connectivity index (χ2n) is 6.41. The Hall–Kier alpha value is -3.28. The van der Waals surface area contributed by atoms with Gasteiger partial charge in [-0.25, -0.2) is 0 Å². The first-order chi connectivity index (χ1) is 13.0. The number of carbonyl (C=O) groups is 2. The molecule has 0 bridgehead atoms. The summed E-state index contributed by atoms with van der Waals surface area (Å²) in [5, 5.41) is 5.69. The second-order valence-corrected chi connectivity index (χ2v) is 6.41. The molecule has 2 aromatic heterocycles. The molecule has 0 atom stereocenters. The summed E-state index contributed by atoms with van der Waals surface area (Å²) in [4.78, 5) is 25.4. The predicted molar refractivity (Wildman–Crippen MR) is 100 cm³/mol. The number of nitrogens with one attached hydrogen (secondary N) is 2. The van der Waals surface area contributed by atoms with Gasteiger partial charge < -0.3 is 19.5 Å². The van der Waals surface area contributed by atoms with Crippen LogP contribution in [0.25, 0.3) is 0 Å². The van der Waals surface area contributed by atoms with E-state index in [1.165, 1.54) is 0 Å². The molecule has 27 heavy (non-hydrogen) atoms. The number of aryl methyl sites for hydroxylation is 2. The maximum absolute atomic E-state index is 12.7. The van der Waals surface area contributed by atoms with Crippen LogP contribution in [0.3, 0.4) is 0 Å². The molecule has 0 unspecified atom stereocenters. The molecule has 0 saturated heterocycles. The van der Waals surface area contributed by atoms with Crippen molar-refractivity contribution in [3.8, 4) is 0 Å². The summed E-state index contributed by atoms with van der Waals surface area (Å²) in [7, 11) is 0. The summed E-state index contributed by atoms with van der Waals surface area (Å²) >= 11 is 0. The van der Waals surface area contributed by atoms with E-state index in [0.717, 1.165) is 11.1 Å². The van der Waals surface area contributed by atoms with Gasteiger partial charge in [-0.3, -0.25) is 9.59 Å². The predicted octanol–water partition coefficient (Wildman–Crippen LogP) is 3.66. The van der Waals surface area contributed by atoms with Crippen LogP contribution in [0.5, 0.6) is 0 Å². The molecule has 3 aromatic rings. The van der Waals surface area contributed by atoms with Crippen LogP contribution >= 0.6 is 0 Å². The van der Waals surface area contributed by atoms with E-state index in [2.05, 4.69) is 10.6 Å². The average Bonchev–Trinajstić information content (AvgIpc) is 3.31. The molecule has 0 fully saturated rings. The lowest BCUT2D eigenvalue weighted by molar-refractivity contribution is 0.0946. The van der Waals surface area contributed by atoms with Gasteiger partial charge in [-0.1, -0.05) is 6.07 Å². The molecule has 2 amide bonds. The van der Waals surface area contributed by atoms with Crippen LogP contribution in [0.1, 0.15) is 48.9 Å².